The van der Waals surface area contributed by atoms with Gasteiger partial charge in [-0.1, -0.05) is 158 Å². The molecule has 9 aromatic carbocycles. The average molecular weight is 693 g/mol. The van der Waals surface area contributed by atoms with Crippen LogP contribution in [-0.2, 0) is 0 Å². The summed E-state index contributed by atoms with van der Waals surface area (Å²) in [6, 6.07) is 80.5. The van der Waals surface area contributed by atoms with Crippen molar-refractivity contribution in [3.63, 3.8) is 0 Å². The molecule has 0 saturated heterocycles. The van der Waals surface area contributed by atoms with Crippen LogP contribution in [0.3, 0.4) is 0 Å². The van der Waals surface area contributed by atoms with E-state index in [0.717, 1.165) is 22.7 Å². The lowest BCUT2D eigenvalue weighted by Gasteiger charge is -2.45. The maximum absolute atomic E-state index is 2.87. The first kappa shape index (κ1) is 31.1. The molecule has 10 rings (SSSR count). The quantitative estimate of drug-likeness (QED) is 0.126. The van der Waals surface area contributed by atoms with Gasteiger partial charge in [-0.05, 0) is 103 Å². The van der Waals surface area contributed by atoms with Crippen molar-refractivity contribution in [2.75, 3.05) is 9.80 Å². The summed E-state index contributed by atoms with van der Waals surface area (Å²) in [5, 5.41) is 10.5. The summed E-state index contributed by atoms with van der Waals surface area (Å²) in [6.45, 7) is 0. The van der Waals surface area contributed by atoms with Gasteiger partial charge < -0.3 is 9.80 Å². The molecule has 0 atom stereocenters. The second-order valence-corrected chi connectivity index (χ2v) is 17.5. The maximum atomic E-state index is 2.50. The Hall–Kier alpha value is -6.68. The fraction of sp³-hybridized carbons (Fsp3) is 0. The van der Waals surface area contributed by atoms with Crippen molar-refractivity contribution in [3.05, 3.63) is 218 Å². The van der Waals surface area contributed by atoms with Gasteiger partial charge in [-0.15, -0.1) is 0 Å². The van der Waals surface area contributed by atoms with Crippen molar-refractivity contribution < 1.29 is 0 Å². The molecule has 1 aliphatic rings. The maximum Gasteiger partial charge on any atom is 0.184 e. The summed E-state index contributed by atoms with van der Waals surface area (Å²) in [7, 11) is -2.87. The van der Waals surface area contributed by atoms with Crippen LogP contribution >= 0.6 is 0 Å². The van der Waals surface area contributed by atoms with E-state index in [9.17, 15) is 0 Å². The van der Waals surface area contributed by atoms with Crippen molar-refractivity contribution in [1.82, 2.24) is 0 Å². The standard InChI is InChI=1S/C50H36N2Si/c1-5-18-39(19-6-1)51(41-31-33-46-38(35-41)30-29-37-17-13-14-26-45(37)46)42-32-34-48-50(36-42)53(43-22-9-3-10-23-43,44-24-11-4-12-25-44)49-28-16-15-27-47(49)52(48)40-20-7-2-8-21-40/h1-36H. The number of nitrogens with zero attached hydrogens (tertiary/aromatic N) is 2. The first-order valence-corrected chi connectivity index (χ1v) is 20.3. The Morgan fingerprint density at radius 1 is 0.340 bits per heavy atom. The van der Waals surface area contributed by atoms with Gasteiger partial charge in [-0.25, -0.2) is 0 Å². The van der Waals surface area contributed by atoms with E-state index in [4.69, 9.17) is 0 Å². The molecule has 0 spiro atoms. The van der Waals surface area contributed by atoms with Crippen molar-refractivity contribution in [3.8, 4) is 0 Å². The zero-order valence-corrected chi connectivity index (χ0v) is 30.2. The Bertz CT molecular complexity index is 2690. The predicted molar refractivity (Wildman–Crippen MR) is 228 cm³/mol. The Morgan fingerprint density at radius 3 is 1.60 bits per heavy atom. The Kier molecular flexibility index (Phi) is 7.52. The Labute approximate surface area is 311 Å². The van der Waals surface area contributed by atoms with Crippen LogP contribution in [-0.4, -0.2) is 8.07 Å². The van der Waals surface area contributed by atoms with Crippen molar-refractivity contribution in [2.45, 2.75) is 0 Å². The van der Waals surface area contributed by atoms with Gasteiger partial charge in [0.05, 0.1) is 0 Å². The molecule has 0 bridgehead atoms. The third-order valence-electron chi connectivity index (χ3n) is 10.9. The molecule has 3 heteroatoms. The monoisotopic (exact) mass is 692 g/mol. The molecule has 0 aliphatic carbocycles. The lowest BCUT2D eigenvalue weighted by Crippen LogP contribution is -2.77. The number of hydrogen-bond acceptors (Lipinski definition) is 2. The van der Waals surface area contributed by atoms with E-state index in [1.807, 2.05) is 0 Å². The number of anilines is 6. The predicted octanol–water partition coefficient (Wildman–Crippen LogP) is 10.6. The lowest BCUT2D eigenvalue weighted by molar-refractivity contribution is 1.26. The van der Waals surface area contributed by atoms with Crippen LogP contribution in [0.2, 0.25) is 0 Å². The van der Waals surface area contributed by atoms with Crippen LogP contribution in [0.5, 0.6) is 0 Å². The molecule has 0 fully saturated rings. The number of benzene rings is 9. The van der Waals surface area contributed by atoms with E-state index in [-0.39, 0.29) is 0 Å². The second-order valence-electron chi connectivity index (χ2n) is 13.7. The topological polar surface area (TPSA) is 6.48 Å². The SMILES string of the molecule is c1ccc(N(c2ccc3c(c2)[Si](c2ccccc2)(c2ccccc2)c2ccccc2N3c2ccccc2)c2ccc3c(ccc4ccccc43)c2)cc1. The van der Waals surface area contributed by atoms with Gasteiger partial charge in [0.25, 0.3) is 0 Å². The highest BCUT2D eigenvalue weighted by Crippen LogP contribution is 2.42. The van der Waals surface area contributed by atoms with Gasteiger partial charge in [-0.3, -0.25) is 0 Å². The summed E-state index contributed by atoms with van der Waals surface area (Å²) < 4.78 is 0. The number of hydrogen-bond donors (Lipinski definition) is 0. The smallest absolute Gasteiger partial charge is 0.184 e. The molecule has 53 heavy (non-hydrogen) atoms. The van der Waals surface area contributed by atoms with Gasteiger partial charge in [0.15, 0.2) is 8.07 Å². The minimum Gasteiger partial charge on any atom is -0.311 e. The van der Waals surface area contributed by atoms with Crippen molar-refractivity contribution in [2.24, 2.45) is 0 Å². The summed E-state index contributed by atoms with van der Waals surface area (Å²) >= 11 is 0. The zero-order chi connectivity index (χ0) is 35.2. The molecule has 0 N–H and O–H groups in total. The minimum absolute atomic E-state index is 1.12. The third-order valence-corrected chi connectivity index (χ3v) is 15.7. The summed E-state index contributed by atoms with van der Waals surface area (Å²) in [4.78, 5) is 4.90. The highest BCUT2D eigenvalue weighted by Gasteiger charge is 2.49. The van der Waals surface area contributed by atoms with E-state index < -0.39 is 8.07 Å². The minimum atomic E-state index is -2.87. The second kappa shape index (κ2) is 12.8. The molecule has 0 radical (unpaired) electrons. The number of fused-ring (bicyclic) bond motifs is 5. The molecule has 0 aromatic heterocycles. The van der Waals surface area contributed by atoms with E-state index >= 15 is 0 Å². The molecule has 0 saturated carbocycles. The Balaban J connectivity index is 1.28. The highest BCUT2D eigenvalue weighted by molar-refractivity contribution is 7.21. The van der Waals surface area contributed by atoms with Gasteiger partial charge in [-0.2, -0.15) is 0 Å². The highest BCUT2D eigenvalue weighted by atomic mass is 28.3. The van der Waals surface area contributed by atoms with Crippen LogP contribution < -0.4 is 30.5 Å². The van der Waals surface area contributed by atoms with Crippen LogP contribution in [0.1, 0.15) is 0 Å². The molecule has 1 aliphatic heterocycles. The fourth-order valence-electron chi connectivity index (χ4n) is 8.60. The molecular weight excluding hydrogens is 657 g/mol. The van der Waals surface area contributed by atoms with Crippen molar-refractivity contribution >= 4 is 84.5 Å². The van der Waals surface area contributed by atoms with Gasteiger partial charge in [0.2, 0.25) is 0 Å². The van der Waals surface area contributed by atoms with Crippen molar-refractivity contribution in [1.29, 1.82) is 0 Å². The molecule has 1 heterocycles. The zero-order valence-electron chi connectivity index (χ0n) is 29.2. The van der Waals surface area contributed by atoms with Gasteiger partial charge in [0.1, 0.15) is 0 Å². The van der Waals surface area contributed by atoms with Gasteiger partial charge in [0, 0.05) is 34.1 Å². The fourth-order valence-corrected chi connectivity index (χ4v) is 13.7. The lowest BCUT2D eigenvalue weighted by atomic mass is 10.0. The summed E-state index contributed by atoms with van der Waals surface area (Å²) in [5.41, 5.74) is 6.98. The van der Waals surface area contributed by atoms with E-state index in [2.05, 4.69) is 228 Å². The van der Waals surface area contributed by atoms with E-state index in [1.165, 1.54) is 53.7 Å². The van der Waals surface area contributed by atoms with Crippen LogP contribution in [0.4, 0.5) is 34.1 Å². The molecular formula is C50H36N2Si. The van der Waals surface area contributed by atoms with Crippen LogP contribution in [0.25, 0.3) is 21.5 Å². The first-order valence-electron chi connectivity index (χ1n) is 18.3. The van der Waals surface area contributed by atoms with Crippen LogP contribution in [0.15, 0.2) is 218 Å². The molecule has 0 unspecified atom stereocenters. The molecule has 2 nitrogen and oxygen atoms in total. The number of rotatable bonds is 6. The van der Waals surface area contributed by atoms with E-state index in [0.29, 0.717) is 0 Å². The largest absolute Gasteiger partial charge is 0.311 e. The first-order chi connectivity index (χ1) is 26.3. The number of para-hydroxylation sites is 3. The van der Waals surface area contributed by atoms with Crippen LogP contribution in [0, 0.1) is 0 Å². The van der Waals surface area contributed by atoms with Gasteiger partial charge >= 0.3 is 0 Å². The molecule has 0 amide bonds. The summed E-state index contributed by atoms with van der Waals surface area (Å²) in [5.74, 6) is 0. The average Bonchev–Trinajstić information content (AvgIpc) is 3.24. The molecule has 250 valence electrons. The van der Waals surface area contributed by atoms with E-state index in [1.54, 1.807) is 0 Å². The Morgan fingerprint density at radius 2 is 0.868 bits per heavy atom. The summed E-state index contributed by atoms with van der Waals surface area (Å²) in [6.07, 6.45) is 0. The molecule has 9 aromatic rings. The third kappa shape index (κ3) is 5.01. The normalized spacial score (nSPS) is 13.0.